The van der Waals surface area contributed by atoms with E-state index in [2.05, 4.69) is 28.7 Å². The maximum atomic E-state index is 12.6. The molecule has 8 heteroatoms. The first kappa shape index (κ1) is 22.2. The van der Waals surface area contributed by atoms with Crippen LogP contribution in [0, 0.1) is 10.5 Å². The summed E-state index contributed by atoms with van der Waals surface area (Å²) in [6.45, 7) is 2.43. The Hall–Kier alpha value is -2.46. The summed E-state index contributed by atoms with van der Waals surface area (Å²) in [5.41, 5.74) is 2.92. The minimum Gasteiger partial charge on any atom is -0.493 e. The van der Waals surface area contributed by atoms with E-state index < -0.39 is 11.8 Å². The quantitative estimate of drug-likeness (QED) is 0.252. The Labute approximate surface area is 194 Å². The number of amides is 2. The highest BCUT2D eigenvalue weighted by Gasteiger charge is 2.35. The van der Waals surface area contributed by atoms with Gasteiger partial charge in [0.1, 0.15) is 12.2 Å². The lowest BCUT2D eigenvalue weighted by molar-refractivity contribution is -0.132. The summed E-state index contributed by atoms with van der Waals surface area (Å²) in [5.74, 6) is 0.265. The molecule has 1 saturated heterocycles. The third-order valence-electron chi connectivity index (χ3n) is 4.67. The Kier molecular flexibility index (Phi) is 6.77. The summed E-state index contributed by atoms with van der Waals surface area (Å²) in [6.07, 6.45) is 1.55. The number of aryl methyl sites for hydroxylation is 1. The van der Waals surface area contributed by atoms with Crippen molar-refractivity contribution >= 4 is 57.8 Å². The first-order chi connectivity index (χ1) is 14.2. The number of ether oxygens (including phenoxy) is 2. The standard InChI is InChI=1S/C22H21IN2O4S/c1-13-6-5-7-14(8-13)12-29-19-17(23)10-15(11-18(19)28-4)9-16-20(26)24(2)22(30)25(3)21(16)27/h5-11H,12H2,1-4H3. The Morgan fingerprint density at radius 2 is 1.77 bits per heavy atom. The molecule has 0 aliphatic carbocycles. The van der Waals surface area contributed by atoms with Crippen LogP contribution in [0.15, 0.2) is 42.0 Å². The van der Waals surface area contributed by atoms with Crippen molar-refractivity contribution in [3.05, 3.63) is 62.2 Å². The van der Waals surface area contributed by atoms with Crippen molar-refractivity contribution in [3.63, 3.8) is 0 Å². The fourth-order valence-electron chi connectivity index (χ4n) is 3.06. The molecule has 0 spiro atoms. The van der Waals surface area contributed by atoms with Crippen molar-refractivity contribution in [1.29, 1.82) is 0 Å². The highest BCUT2D eigenvalue weighted by atomic mass is 127. The van der Waals surface area contributed by atoms with Gasteiger partial charge >= 0.3 is 0 Å². The minimum absolute atomic E-state index is 0.0416. The van der Waals surface area contributed by atoms with Crippen molar-refractivity contribution in [2.24, 2.45) is 0 Å². The molecule has 0 radical (unpaired) electrons. The van der Waals surface area contributed by atoms with E-state index in [0.29, 0.717) is 23.7 Å². The van der Waals surface area contributed by atoms with Crippen LogP contribution >= 0.6 is 34.8 Å². The SMILES string of the molecule is COc1cc(C=C2C(=O)N(C)C(=S)N(C)C2=O)cc(I)c1OCc1cccc(C)c1. The van der Waals surface area contributed by atoms with Crippen molar-refractivity contribution < 1.29 is 19.1 Å². The molecule has 6 nitrogen and oxygen atoms in total. The molecule has 1 aliphatic heterocycles. The molecule has 30 heavy (non-hydrogen) atoms. The van der Waals surface area contributed by atoms with Gasteiger partial charge in [0.15, 0.2) is 16.6 Å². The number of carbonyl (C=O) groups excluding carboxylic acids is 2. The normalized spacial score (nSPS) is 14.3. The van der Waals surface area contributed by atoms with Crippen LogP contribution in [-0.2, 0) is 16.2 Å². The van der Waals surface area contributed by atoms with Crippen LogP contribution < -0.4 is 9.47 Å². The second-order valence-electron chi connectivity index (χ2n) is 6.88. The maximum Gasteiger partial charge on any atom is 0.265 e. The van der Waals surface area contributed by atoms with Crippen LogP contribution in [0.2, 0.25) is 0 Å². The number of likely N-dealkylation sites (N-methyl/N-ethyl adjacent to an activating group) is 2. The molecule has 0 aromatic heterocycles. The Bertz CT molecular complexity index is 1040. The van der Waals surface area contributed by atoms with Gasteiger partial charge in [-0.3, -0.25) is 19.4 Å². The minimum atomic E-state index is -0.433. The van der Waals surface area contributed by atoms with Gasteiger partial charge in [0.25, 0.3) is 11.8 Å². The third-order valence-corrected chi connectivity index (χ3v) is 6.02. The van der Waals surface area contributed by atoms with E-state index in [4.69, 9.17) is 21.7 Å². The number of rotatable bonds is 5. The number of carbonyl (C=O) groups is 2. The average molecular weight is 536 g/mol. The molecular weight excluding hydrogens is 515 g/mol. The van der Waals surface area contributed by atoms with Crippen LogP contribution in [-0.4, -0.2) is 47.9 Å². The van der Waals surface area contributed by atoms with E-state index in [1.54, 1.807) is 33.3 Å². The molecule has 3 rings (SSSR count). The lowest BCUT2D eigenvalue weighted by atomic mass is 10.1. The number of halogens is 1. The zero-order valence-electron chi connectivity index (χ0n) is 17.1. The lowest BCUT2D eigenvalue weighted by Crippen LogP contribution is -2.52. The second kappa shape index (κ2) is 9.13. The highest BCUT2D eigenvalue weighted by Crippen LogP contribution is 2.35. The van der Waals surface area contributed by atoms with Gasteiger partial charge in [-0.05, 0) is 71.1 Å². The predicted molar refractivity (Wildman–Crippen MR) is 127 cm³/mol. The van der Waals surface area contributed by atoms with Crippen LogP contribution in [0.4, 0.5) is 0 Å². The molecule has 156 valence electrons. The first-order valence-corrected chi connectivity index (χ1v) is 10.6. The zero-order valence-corrected chi connectivity index (χ0v) is 20.0. The largest absolute Gasteiger partial charge is 0.493 e. The molecule has 2 amide bonds. The first-order valence-electron chi connectivity index (χ1n) is 9.10. The third kappa shape index (κ3) is 4.49. The number of hydrogen-bond donors (Lipinski definition) is 0. The van der Waals surface area contributed by atoms with Crippen molar-refractivity contribution in [2.45, 2.75) is 13.5 Å². The molecule has 2 aromatic rings. The molecule has 1 aliphatic rings. The number of thiocarbonyl (C=S) groups is 1. The number of nitrogens with zero attached hydrogens (tertiary/aromatic N) is 2. The van der Waals surface area contributed by atoms with Gasteiger partial charge < -0.3 is 9.47 Å². The topological polar surface area (TPSA) is 59.1 Å². The van der Waals surface area contributed by atoms with Gasteiger partial charge in [0, 0.05) is 14.1 Å². The monoisotopic (exact) mass is 536 g/mol. The van der Waals surface area contributed by atoms with Gasteiger partial charge in [-0.25, -0.2) is 0 Å². The summed E-state index contributed by atoms with van der Waals surface area (Å²) in [6, 6.07) is 11.7. The summed E-state index contributed by atoms with van der Waals surface area (Å²) in [7, 11) is 4.65. The van der Waals surface area contributed by atoms with Gasteiger partial charge in [-0.1, -0.05) is 29.8 Å². The van der Waals surface area contributed by atoms with E-state index in [1.807, 2.05) is 31.2 Å². The van der Waals surface area contributed by atoms with E-state index in [0.717, 1.165) is 14.7 Å². The van der Waals surface area contributed by atoms with Gasteiger partial charge in [-0.2, -0.15) is 0 Å². The van der Waals surface area contributed by atoms with Crippen LogP contribution in [0.1, 0.15) is 16.7 Å². The van der Waals surface area contributed by atoms with Crippen LogP contribution in [0.3, 0.4) is 0 Å². The van der Waals surface area contributed by atoms with Gasteiger partial charge in [0.05, 0.1) is 10.7 Å². The Balaban J connectivity index is 1.91. The molecule has 0 atom stereocenters. The highest BCUT2D eigenvalue weighted by molar-refractivity contribution is 14.1. The summed E-state index contributed by atoms with van der Waals surface area (Å²) in [5, 5.41) is 0.175. The summed E-state index contributed by atoms with van der Waals surface area (Å²) in [4.78, 5) is 27.7. The van der Waals surface area contributed by atoms with E-state index >= 15 is 0 Å². The maximum absolute atomic E-state index is 12.6. The van der Waals surface area contributed by atoms with E-state index in [-0.39, 0.29) is 10.7 Å². The number of methoxy groups -OCH3 is 1. The molecular formula is C22H21IN2O4S. The second-order valence-corrected chi connectivity index (χ2v) is 8.41. The van der Waals surface area contributed by atoms with Crippen molar-refractivity contribution in [3.8, 4) is 11.5 Å². The van der Waals surface area contributed by atoms with Crippen LogP contribution in [0.25, 0.3) is 6.08 Å². The molecule has 1 fully saturated rings. The average Bonchev–Trinajstić information content (AvgIpc) is 2.73. The molecule has 0 saturated carbocycles. The predicted octanol–water partition coefficient (Wildman–Crippen LogP) is 3.79. The fourth-order valence-corrected chi connectivity index (χ4v) is 4.01. The number of hydrogen-bond acceptors (Lipinski definition) is 5. The van der Waals surface area contributed by atoms with Gasteiger partial charge in [0.2, 0.25) is 0 Å². The lowest BCUT2D eigenvalue weighted by Gasteiger charge is -2.31. The molecule has 1 heterocycles. The number of benzene rings is 2. The van der Waals surface area contributed by atoms with Crippen LogP contribution in [0.5, 0.6) is 11.5 Å². The Morgan fingerprint density at radius 1 is 1.10 bits per heavy atom. The van der Waals surface area contributed by atoms with E-state index in [1.165, 1.54) is 9.80 Å². The van der Waals surface area contributed by atoms with Crippen molar-refractivity contribution in [2.75, 3.05) is 21.2 Å². The summed E-state index contributed by atoms with van der Waals surface area (Å²) >= 11 is 7.28. The summed E-state index contributed by atoms with van der Waals surface area (Å²) < 4.78 is 12.3. The Morgan fingerprint density at radius 3 is 2.37 bits per heavy atom. The van der Waals surface area contributed by atoms with E-state index in [9.17, 15) is 9.59 Å². The van der Waals surface area contributed by atoms with Gasteiger partial charge in [-0.15, -0.1) is 0 Å². The fraction of sp³-hybridized carbons (Fsp3) is 0.227. The molecule has 0 N–H and O–H groups in total. The molecule has 0 unspecified atom stereocenters. The van der Waals surface area contributed by atoms with Crippen molar-refractivity contribution in [1.82, 2.24) is 9.80 Å². The smallest absolute Gasteiger partial charge is 0.265 e. The molecule has 2 aromatic carbocycles. The molecule has 0 bridgehead atoms. The zero-order chi connectivity index (χ0) is 22.0.